The molecule has 0 aliphatic carbocycles. The van der Waals surface area contributed by atoms with Crippen LogP contribution in [-0.4, -0.2) is 34.1 Å². The Labute approximate surface area is 113 Å². The second-order valence-corrected chi connectivity index (χ2v) is 3.71. The molecule has 2 N–H and O–H groups in total. The second kappa shape index (κ2) is 5.83. The summed E-state index contributed by atoms with van der Waals surface area (Å²) in [4.78, 5) is 29.7. The third-order valence-electron chi connectivity index (χ3n) is 2.38. The molecule has 20 heavy (non-hydrogen) atoms. The van der Waals surface area contributed by atoms with Crippen molar-refractivity contribution in [3.8, 4) is 0 Å². The van der Waals surface area contributed by atoms with Crippen LogP contribution >= 0.6 is 0 Å². The molecular weight excluding hydrogens is 266 g/mol. The predicted molar refractivity (Wildman–Crippen MR) is 66.4 cm³/mol. The molecule has 0 saturated heterocycles. The van der Waals surface area contributed by atoms with E-state index >= 15 is 0 Å². The van der Waals surface area contributed by atoms with Gasteiger partial charge in [-0.3, -0.25) is 0 Å². The number of ether oxygens (including phenoxy) is 1. The summed E-state index contributed by atoms with van der Waals surface area (Å²) in [5, 5.41) is 11.6. The van der Waals surface area contributed by atoms with E-state index in [1.165, 1.54) is 31.7 Å². The number of rotatable bonds is 5. The Kier molecular flexibility index (Phi) is 3.94. The van der Waals surface area contributed by atoms with E-state index < -0.39 is 11.9 Å². The number of aromatic nitrogens is 2. The van der Waals surface area contributed by atoms with E-state index in [9.17, 15) is 9.59 Å². The fourth-order valence-corrected chi connectivity index (χ4v) is 1.38. The van der Waals surface area contributed by atoms with Crippen LogP contribution in [0.4, 0.5) is 5.82 Å². The molecule has 0 spiro atoms. The molecule has 8 heteroatoms. The Balaban J connectivity index is 1.96. The number of carboxylic acids is 1. The first-order valence-electron chi connectivity index (χ1n) is 5.56. The second-order valence-electron chi connectivity index (χ2n) is 3.71. The van der Waals surface area contributed by atoms with Gasteiger partial charge in [-0.05, 0) is 12.1 Å². The number of pyridine rings is 1. The lowest BCUT2D eigenvalue weighted by Gasteiger charge is -2.02. The van der Waals surface area contributed by atoms with Crippen LogP contribution in [0.2, 0.25) is 0 Å². The van der Waals surface area contributed by atoms with Gasteiger partial charge in [0.05, 0.1) is 19.2 Å². The van der Waals surface area contributed by atoms with Crippen LogP contribution < -0.4 is 5.32 Å². The number of anilines is 1. The summed E-state index contributed by atoms with van der Waals surface area (Å²) in [5.41, 5.74) is 0.179. The van der Waals surface area contributed by atoms with Gasteiger partial charge < -0.3 is 19.6 Å². The zero-order chi connectivity index (χ0) is 14.5. The van der Waals surface area contributed by atoms with Crippen molar-refractivity contribution >= 4 is 17.8 Å². The lowest BCUT2D eigenvalue weighted by molar-refractivity contribution is 0.0593. The molecule has 2 aromatic heterocycles. The smallest absolute Gasteiger partial charge is 0.360 e. The Hall–Kier alpha value is -2.90. The minimum atomic E-state index is -1.04. The third-order valence-corrected chi connectivity index (χ3v) is 2.38. The van der Waals surface area contributed by atoms with E-state index in [2.05, 4.69) is 20.0 Å². The molecule has 104 valence electrons. The normalized spacial score (nSPS) is 10.1. The SMILES string of the molecule is COC(=O)c1coc(CNc2ccc(C(=O)O)cn2)n1. The van der Waals surface area contributed by atoms with Crippen molar-refractivity contribution < 1.29 is 23.8 Å². The number of esters is 1. The highest BCUT2D eigenvalue weighted by Gasteiger charge is 2.12. The molecule has 0 radical (unpaired) electrons. The summed E-state index contributed by atoms with van der Waals surface area (Å²) in [7, 11) is 1.25. The maximum atomic E-state index is 11.2. The topological polar surface area (TPSA) is 115 Å². The molecule has 2 heterocycles. The number of nitrogens with zero attached hydrogens (tertiary/aromatic N) is 2. The molecule has 0 bridgehead atoms. The van der Waals surface area contributed by atoms with Gasteiger partial charge in [0.15, 0.2) is 5.69 Å². The van der Waals surface area contributed by atoms with E-state index in [0.717, 1.165) is 0 Å². The number of hydrogen-bond acceptors (Lipinski definition) is 7. The highest BCUT2D eigenvalue weighted by atomic mass is 16.5. The average molecular weight is 277 g/mol. The Morgan fingerprint density at radius 3 is 2.85 bits per heavy atom. The number of hydrogen-bond donors (Lipinski definition) is 2. The predicted octanol–water partition coefficient (Wildman–Crippen LogP) is 1.17. The van der Waals surface area contributed by atoms with Gasteiger partial charge in [-0.2, -0.15) is 0 Å². The molecule has 0 amide bonds. The molecule has 0 fully saturated rings. The maximum absolute atomic E-state index is 11.2. The number of oxazole rings is 1. The summed E-state index contributed by atoms with van der Waals surface area (Å²) in [6.07, 6.45) is 2.43. The molecule has 0 aromatic carbocycles. The van der Waals surface area contributed by atoms with Crippen molar-refractivity contribution in [3.05, 3.63) is 41.7 Å². The summed E-state index contributed by atoms with van der Waals surface area (Å²) in [6, 6.07) is 2.95. The van der Waals surface area contributed by atoms with Gasteiger partial charge in [-0.25, -0.2) is 19.6 Å². The molecule has 2 aromatic rings. The van der Waals surface area contributed by atoms with Gasteiger partial charge in [-0.1, -0.05) is 0 Å². The molecule has 0 aliphatic rings. The van der Waals surface area contributed by atoms with Gasteiger partial charge in [0.2, 0.25) is 5.89 Å². The van der Waals surface area contributed by atoms with E-state index in [4.69, 9.17) is 9.52 Å². The highest BCUT2D eigenvalue weighted by molar-refractivity contribution is 5.87. The Bertz CT molecular complexity index is 620. The number of aromatic carboxylic acids is 1. The lowest BCUT2D eigenvalue weighted by atomic mass is 10.3. The van der Waals surface area contributed by atoms with Crippen LogP contribution in [0.15, 0.2) is 29.0 Å². The van der Waals surface area contributed by atoms with Crippen LogP contribution in [-0.2, 0) is 11.3 Å². The van der Waals surface area contributed by atoms with Crippen LogP contribution in [0, 0.1) is 0 Å². The quantitative estimate of drug-likeness (QED) is 0.782. The van der Waals surface area contributed by atoms with Gasteiger partial charge >= 0.3 is 11.9 Å². The minimum Gasteiger partial charge on any atom is -0.478 e. The van der Waals surface area contributed by atoms with Crippen molar-refractivity contribution in [2.24, 2.45) is 0 Å². The number of nitrogens with one attached hydrogen (secondary N) is 1. The highest BCUT2D eigenvalue weighted by Crippen LogP contribution is 2.08. The van der Waals surface area contributed by atoms with Crippen molar-refractivity contribution in [1.29, 1.82) is 0 Å². The number of carboxylic acid groups (broad SMARTS) is 1. The van der Waals surface area contributed by atoms with Crippen LogP contribution in [0.25, 0.3) is 0 Å². The van der Waals surface area contributed by atoms with Crippen LogP contribution in [0.5, 0.6) is 0 Å². The van der Waals surface area contributed by atoms with Crippen LogP contribution in [0.1, 0.15) is 26.7 Å². The van der Waals surface area contributed by atoms with Crippen molar-refractivity contribution in [1.82, 2.24) is 9.97 Å². The molecule has 0 aliphatic heterocycles. The Morgan fingerprint density at radius 1 is 1.45 bits per heavy atom. The zero-order valence-corrected chi connectivity index (χ0v) is 10.5. The van der Waals surface area contributed by atoms with Gasteiger partial charge in [0.25, 0.3) is 0 Å². The minimum absolute atomic E-state index is 0.0819. The molecular formula is C12H11N3O5. The van der Waals surface area contributed by atoms with E-state index in [0.29, 0.717) is 5.82 Å². The monoisotopic (exact) mass is 277 g/mol. The first-order valence-corrected chi connectivity index (χ1v) is 5.56. The first kappa shape index (κ1) is 13.5. The van der Waals surface area contributed by atoms with Crippen molar-refractivity contribution in [3.63, 3.8) is 0 Å². The molecule has 0 saturated carbocycles. The fourth-order valence-electron chi connectivity index (χ4n) is 1.38. The van der Waals surface area contributed by atoms with Gasteiger partial charge in [0, 0.05) is 6.20 Å². The molecule has 2 rings (SSSR count). The van der Waals surface area contributed by atoms with E-state index in [1.807, 2.05) is 0 Å². The van der Waals surface area contributed by atoms with Gasteiger partial charge in [0.1, 0.15) is 12.1 Å². The molecule has 8 nitrogen and oxygen atoms in total. The van der Waals surface area contributed by atoms with Crippen LogP contribution in [0.3, 0.4) is 0 Å². The lowest BCUT2D eigenvalue weighted by Crippen LogP contribution is -2.05. The van der Waals surface area contributed by atoms with E-state index in [-0.39, 0.29) is 23.7 Å². The standard InChI is InChI=1S/C12H11N3O5/c1-19-12(18)8-6-20-10(15-8)5-14-9-3-2-7(4-13-9)11(16)17/h2-4,6H,5H2,1H3,(H,13,14)(H,16,17). The maximum Gasteiger partial charge on any atom is 0.360 e. The van der Waals surface area contributed by atoms with Gasteiger partial charge in [-0.15, -0.1) is 0 Å². The number of carbonyl (C=O) groups excluding carboxylic acids is 1. The average Bonchev–Trinajstić information content (AvgIpc) is 2.93. The largest absolute Gasteiger partial charge is 0.478 e. The third kappa shape index (κ3) is 3.10. The zero-order valence-electron chi connectivity index (χ0n) is 10.5. The van der Waals surface area contributed by atoms with Crippen molar-refractivity contribution in [2.45, 2.75) is 6.54 Å². The summed E-state index contributed by atoms with van der Waals surface area (Å²) in [6.45, 7) is 0.205. The summed E-state index contributed by atoms with van der Waals surface area (Å²) in [5.74, 6) is -0.870. The van der Waals surface area contributed by atoms with Crippen molar-refractivity contribution in [2.75, 3.05) is 12.4 Å². The Morgan fingerprint density at radius 2 is 2.25 bits per heavy atom. The number of carbonyl (C=O) groups is 2. The molecule has 0 atom stereocenters. The fraction of sp³-hybridized carbons (Fsp3) is 0.167. The van der Waals surface area contributed by atoms with E-state index in [1.54, 1.807) is 0 Å². The number of methoxy groups -OCH3 is 1. The molecule has 0 unspecified atom stereocenters. The summed E-state index contributed by atoms with van der Waals surface area (Å²) >= 11 is 0. The first-order chi connectivity index (χ1) is 9.60. The summed E-state index contributed by atoms with van der Waals surface area (Å²) < 4.78 is 9.57.